The van der Waals surface area contributed by atoms with Crippen molar-refractivity contribution in [3.8, 4) is 28.1 Å². The smallest absolute Gasteiger partial charge is 0.118 e. The minimum absolute atomic E-state index is 0.00266. The molecule has 0 unspecified atom stereocenters. The molecule has 2 aromatic carbocycles. The van der Waals surface area contributed by atoms with Gasteiger partial charge >= 0.3 is 0 Å². The summed E-state index contributed by atoms with van der Waals surface area (Å²) in [5.41, 5.74) is 3.90. The number of rotatable bonds is 2. The van der Waals surface area contributed by atoms with Crippen LogP contribution in [0.4, 0.5) is 0 Å². The van der Waals surface area contributed by atoms with E-state index in [1.165, 1.54) is 0 Å². The predicted molar refractivity (Wildman–Crippen MR) is 108 cm³/mol. The van der Waals surface area contributed by atoms with Crippen LogP contribution in [0.3, 0.4) is 0 Å². The number of phenols is 1. The fraction of sp³-hybridized carbons (Fsp3) is 0.0556. The Labute approximate surface area is 157 Å². The number of hydrogen-bond donors (Lipinski definition) is 1. The molecule has 0 aliphatic carbocycles. The van der Waals surface area contributed by atoms with E-state index in [2.05, 4.69) is 4.98 Å². The van der Waals surface area contributed by atoms with Crippen molar-refractivity contribution in [1.82, 2.24) is 4.98 Å². The Morgan fingerprint density at radius 2 is 1.52 bits per heavy atom. The molecule has 1 heterocycles. The third kappa shape index (κ3) is 3.11. The van der Waals surface area contributed by atoms with Crippen LogP contribution in [0.5, 0.6) is 5.75 Å². The number of halogens is 1. The van der Waals surface area contributed by atoms with Crippen molar-refractivity contribution < 1.29 is 5.11 Å². The molecule has 112 valence electrons. The summed E-state index contributed by atoms with van der Waals surface area (Å²) < 4.78 is 0. The van der Waals surface area contributed by atoms with Crippen molar-refractivity contribution in [3.05, 3.63) is 47.1 Å². The molecule has 0 fully saturated rings. The number of nitrogens with zero attached hydrogens (tertiary/aromatic N) is 1. The monoisotopic (exact) mass is 335 g/mol. The molecule has 25 heavy (non-hydrogen) atoms. The number of hydrogen-bond acceptors (Lipinski definition) is 2. The van der Waals surface area contributed by atoms with Gasteiger partial charge < -0.3 is 5.11 Å². The largest absolute Gasteiger partial charge is 0.508 e. The van der Waals surface area contributed by atoms with Crippen LogP contribution < -0.4 is 21.9 Å². The molecule has 3 aromatic rings. The Bertz CT molecular complexity index is 945. The molecule has 0 amide bonds. The minimum atomic E-state index is -0.201. The summed E-state index contributed by atoms with van der Waals surface area (Å²) in [5, 5.41) is 11.1. The molecule has 0 aliphatic rings. The summed E-state index contributed by atoms with van der Waals surface area (Å²) in [5.74, 6) is -0.201. The third-order valence-electron chi connectivity index (χ3n) is 4.15. The van der Waals surface area contributed by atoms with E-state index in [1.807, 2.05) is 25.1 Å². The Morgan fingerprint density at radius 3 is 2.12 bits per heavy atom. The summed E-state index contributed by atoms with van der Waals surface area (Å²) >= 11 is 5.92. The highest BCUT2D eigenvalue weighted by atomic mass is 35.5. The molecule has 3 rings (SSSR count). The molecular formula is C18H10B4ClNO. The predicted octanol–water partition coefficient (Wildman–Crippen LogP) is 0.258. The maximum Gasteiger partial charge on any atom is 0.118 e. The van der Waals surface area contributed by atoms with Gasteiger partial charge in [-0.1, -0.05) is 34.7 Å². The lowest BCUT2D eigenvalue weighted by atomic mass is 9.64. The number of phenolic OH excluding ortho intramolecular Hbond substituents is 1. The summed E-state index contributed by atoms with van der Waals surface area (Å²) in [6, 6.07) is 9.25. The van der Waals surface area contributed by atoms with Gasteiger partial charge in [-0.2, -0.15) is 0 Å². The van der Waals surface area contributed by atoms with Gasteiger partial charge in [0, 0.05) is 27.9 Å². The number of pyridine rings is 1. The Balaban J connectivity index is 2.16. The van der Waals surface area contributed by atoms with Gasteiger partial charge in [-0.3, -0.25) is 4.98 Å². The van der Waals surface area contributed by atoms with Crippen LogP contribution in [0.2, 0.25) is 5.02 Å². The maximum absolute atomic E-state index is 10.4. The highest BCUT2D eigenvalue weighted by Crippen LogP contribution is 2.29. The fourth-order valence-electron chi connectivity index (χ4n) is 2.68. The van der Waals surface area contributed by atoms with Crippen molar-refractivity contribution in [2.45, 2.75) is 6.92 Å². The van der Waals surface area contributed by atoms with Crippen LogP contribution in [-0.2, 0) is 0 Å². The van der Waals surface area contributed by atoms with Gasteiger partial charge in [0.1, 0.15) is 37.1 Å². The van der Waals surface area contributed by atoms with Gasteiger partial charge in [-0.25, -0.2) is 0 Å². The van der Waals surface area contributed by atoms with E-state index in [0.29, 0.717) is 16.1 Å². The first kappa shape index (κ1) is 17.8. The first-order chi connectivity index (χ1) is 11.8. The van der Waals surface area contributed by atoms with E-state index < -0.39 is 0 Å². The van der Waals surface area contributed by atoms with Crippen molar-refractivity contribution in [3.63, 3.8) is 0 Å². The van der Waals surface area contributed by atoms with Crippen LogP contribution in [0.1, 0.15) is 5.56 Å². The van der Waals surface area contributed by atoms with Crippen molar-refractivity contribution in [2.24, 2.45) is 0 Å². The summed E-state index contributed by atoms with van der Waals surface area (Å²) in [6.45, 7) is 1.89. The van der Waals surface area contributed by atoms with Crippen LogP contribution >= 0.6 is 11.6 Å². The highest BCUT2D eigenvalue weighted by molar-refractivity contribution is 6.64. The molecule has 0 atom stereocenters. The standard InChI is InChI=1S/C18H10B4ClNO/c1-8-6-12(9-2-4-10(23)5-3-9)24-7-11(8)13-14(19)15(20)16(21)17(22)18(13)25/h2-7,25H,1H3. The lowest BCUT2D eigenvalue weighted by molar-refractivity contribution is 0.482. The molecule has 1 N–H and O–H groups in total. The second-order valence-electron chi connectivity index (χ2n) is 5.77. The fourth-order valence-corrected chi connectivity index (χ4v) is 2.81. The lowest BCUT2D eigenvalue weighted by Gasteiger charge is -2.20. The number of aryl methyl sites for hydroxylation is 1. The van der Waals surface area contributed by atoms with Crippen molar-refractivity contribution >= 4 is 64.8 Å². The molecule has 8 radical (unpaired) electrons. The van der Waals surface area contributed by atoms with Crippen molar-refractivity contribution in [2.75, 3.05) is 0 Å². The zero-order chi connectivity index (χ0) is 18.3. The van der Waals surface area contributed by atoms with Gasteiger partial charge in [-0.15, -0.1) is 10.9 Å². The van der Waals surface area contributed by atoms with Crippen LogP contribution in [0.25, 0.3) is 22.4 Å². The van der Waals surface area contributed by atoms with E-state index in [0.717, 1.165) is 16.8 Å². The van der Waals surface area contributed by atoms with Crippen LogP contribution in [0.15, 0.2) is 36.5 Å². The Hall–Kier alpha value is -2.06. The van der Waals surface area contributed by atoms with Crippen LogP contribution in [-0.4, -0.2) is 41.5 Å². The van der Waals surface area contributed by atoms with E-state index in [9.17, 15) is 5.11 Å². The van der Waals surface area contributed by atoms with Gasteiger partial charge in [0.2, 0.25) is 0 Å². The number of aromatic hydroxyl groups is 1. The van der Waals surface area contributed by atoms with Crippen LogP contribution in [0, 0.1) is 6.92 Å². The zero-order valence-corrected chi connectivity index (χ0v) is 14.3. The van der Waals surface area contributed by atoms with Gasteiger partial charge in [0.05, 0.1) is 5.69 Å². The number of benzene rings is 2. The maximum atomic E-state index is 10.4. The Morgan fingerprint density at radius 1 is 0.920 bits per heavy atom. The summed E-state index contributed by atoms with van der Waals surface area (Å²) in [6.07, 6.45) is 1.62. The molecule has 0 saturated carbocycles. The lowest BCUT2D eigenvalue weighted by Crippen LogP contribution is -2.48. The Kier molecular flexibility index (Phi) is 4.75. The van der Waals surface area contributed by atoms with Crippen molar-refractivity contribution in [1.29, 1.82) is 0 Å². The average Bonchev–Trinajstić information content (AvgIpc) is 2.60. The second-order valence-corrected chi connectivity index (χ2v) is 6.21. The topological polar surface area (TPSA) is 33.1 Å². The molecule has 0 aliphatic heterocycles. The van der Waals surface area contributed by atoms with Gasteiger partial charge in [0.25, 0.3) is 0 Å². The van der Waals surface area contributed by atoms with E-state index in [1.54, 1.807) is 18.3 Å². The molecule has 1 aromatic heterocycles. The van der Waals surface area contributed by atoms with E-state index >= 15 is 0 Å². The molecule has 0 spiro atoms. The first-order valence-corrected chi connectivity index (χ1v) is 7.86. The summed E-state index contributed by atoms with van der Waals surface area (Å²) in [7, 11) is 23.6. The third-order valence-corrected chi connectivity index (χ3v) is 4.40. The molecular weight excluding hydrogens is 325 g/mol. The minimum Gasteiger partial charge on any atom is -0.508 e. The van der Waals surface area contributed by atoms with Gasteiger partial charge in [0.15, 0.2) is 0 Å². The summed E-state index contributed by atoms with van der Waals surface area (Å²) in [4.78, 5) is 4.46. The van der Waals surface area contributed by atoms with Gasteiger partial charge in [-0.05, 0) is 30.7 Å². The zero-order valence-electron chi connectivity index (χ0n) is 13.5. The second kappa shape index (κ2) is 6.68. The van der Waals surface area contributed by atoms with E-state index in [4.69, 9.17) is 43.0 Å². The molecule has 2 nitrogen and oxygen atoms in total. The molecule has 0 saturated heterocycles. The first-order valence-electron chi connectivity index (χ1n) is 7.49. The average molecular weight is 335 g/mol. The SMILES string of the molecule is [B]c1c([B])c([B])c(-c2cnc(-c3ccc(Cl)cc3)cc2C)c(O)c1[B]. The highest BCUT2D eigenvalue weighted by Gasteiger charge is 2.17. The normalized spacial score (nSPS) is 10.8. The quantitative estimate of drug-likeness (QED) is 0.682. The molecule has 0 bridgehead atoms. The molecule has 7 heteroatoms. The van der Waals surface area contributed by atoms with E-state index in [-0.39, 0.29) is 27.6 Å². The number of aromatic nitrogens is 1.